The first kappa shape index (κ1) is 9.90. The summed E-state index contributed by atoms with van der Waals surface area (Å²) in [6, 6.07) is 9.73. The van der Waals surface area contributed by atoms with Crippen molar-refractivity contribution in [2.24, 2.45) is 4.99 Å². The molecule has 78 valence electrons. The van der Waals surface area contributed by atoms with Gasteiger partial charge in [-0.2, -0.15) is 0 Å². The van der Waals surface area contributed by atoms with E-state index in [1.54, 1.807) is 0 Å². The minimum Gasteiger partial charge on any atom is -0.467 e. The van der Waals surface area contributed by atoms with Gasteiger partial charge in [0.2, 0.25) is 0 Å². The van der Waals surface area contributed by atoms with Crippen LogP contribution in [0.4, 0.5) is 0 Å². The maximum absolute atomic E-state index is 11.6. The Morgan fingerprint density at radius 1 is 1.40 bits per heavy atom. The van der Waals surface area contributed by atoms with Crippen molar-refractivity contribution < 1.29 is 9.53 Å². The Hall–Kier alpha value is -1.64. The number of rotatable bonds is 3. The third-order valence-electron chi connectivity index (χ3n) is 2.73. The molecule has 1 aromatic rings. The van der Waals surface area contributed by atoms with Crippen LogP contribution in [0.15, 0.2) is 35.3 Å². The molecular weight excluding hydrogens is 190 g/mol. The van der Waals surface area contributed by atoms with Crippen molar-refractivity contribution in [1.82, 2.24) is 0 Å². The average molecular weight is 203 g/mol. The Balaban J connectivity index is 2.23. The third-order valence-corrected chi connectivity index (χ3v) is 2.73. The number of esters is 1. The van der Waals surface area contributed by atoms with E-state index in [0.717, 1.165) is 11.3 Å². The molecule has 0 N–H and O–H groups in total. The van der Waals surface area contributed by atoms with Gasteiger partial charge in [-0.25, -0.2) is 4.79 Å². The van der Waals surface area contributed by atoms with Crippen LogP contribution in [0, 0.1) is 0 Å². The lowest BCUT2D eigenvalue weighted by atomic mass is 9.96. The molecular formula is C12H13NO2. The first-order chi connectivity index (χ1) is 7.24. The van der Waals surface area contributed by atoms with Crippen molar-refractivity contribution in [2.45, 2.75) is 18.9 Å². The van der Waals surface area contributed by atoms with Crippen LogP contribution in [0.1, 0.15) is 18.9 Å². The Labute approximate surface area is 88.8 Å². The molecule has 0 unspecified atom stereocenters. The number of aliphatic imine (C=N–C) groups is 1. The molecule has 0 spiro atoms. The van der Waals surface area contributed by atoms with E-state index >= 15 is 0 Å². The second-order valence-corrected chi connectivity index (χ2v) is 3.53. The molecule has 3 nitrogen and oxygen atoms in total. The summed E-state index contributed by atoms with van der Waals surface area (Å²) in [5.41, 5.74) is 1.15. The highest BCUT2D eigenvalue weighted by molar-refractivity contribution is 6.28. The van der Waals surface area contributed by atoms with Crippen LogP contribution in [0.2, 0.25) is 0 Å². The van der Waals surface area contributed by atoms with Crippen LogP contribution in [0.5, 0.6) is 0 Å². The second kappa shape index (κ2) is 3.50. The summed E-state index contributed by atoms with van der Waals surface area (Å²) in [7, 11) is 1.40. The lowest BCUT2D eigenvalue weighted by molar-refractivity contribution is -0.143. The number of methoxy groups -OCH3 is 1. The summed E-state index contributed by atoms with van der Waals surface area (Å²) in [5, 5.41) is 0. The highest BCUT2D eigenvalue weighted by atomic mass is 16.5. The molecule has 1 aromatic carbocycles. The quantitative estimate of drug-likeness (QED) is 0.703. The van der Waals surface area contributed by atoms with Crippen molar-refractivity contribution in [3.8, 4) is 0 Å². The summed E-state index contributed by atoms with van der Waals surface area (Å²) in [4.78, 5) is 15.9. The minimum absolute atomic E-state index is 0.260. The Kier molecular flexibility index (Phi) is 2.31. The van der Waals surface area contributed by atoms with Crippen molar-refractivity contribution in [3.63, 3.8) is 0 Å². The van der Waals surface area contributed by atoms with Gasteiger partial charge in [-0.1, -0.05) is 37.3 Å². The predicted octanol–water partition coefficient (Wildman–Crippen LogP) is 1.81. The molecule has 1 atom stereocenters. The molecule has 3 heteroatoms. The zero-order chi connectivity index (χ0) is 10.9. The predicted molar refractivity (Wildman–Crippen MR) is 58.0 cm³/mol. The fourth-order valence-electron chi connectivity index (χ4n) is 1.76. The second-order valence-electron chi connectivity index (χ2n) is 3.53. The normalized spacial score (nSPS) is 23.2. The molecule has 0 aromatic heterocycles. The molecule has 1 heterocycles. The summed E-state index contributed by atoms with van der Waals surface area (Å²) < 4.78 is 4.77. The monoisotopic (exact) mass is 203 g/mol. The van der Waals surface area contributed by atoms with E-state index in [1.807, 2.05) is 37.3 Å². The van der Waals surface area contributed by atoms with Crippen LogP contribution in [-0.2, 0) is 9.53 Å². The fraction of sp³-hybridized carbons (Fsp3) is 0.333. The van der Waals surface area contributed by atoms with E-state index in [9.17, 15) is 4.79 Å². The molecule has 0 saturated carbocycles. The van der Waals surface area contributed by atoms with Crippen LogP contribution < -0.4 is 0 Å². The minimum atomic E-state index is -0.698. The molecule has 0 amide bonds. The Morgan fingerprint density at radius 3 is 2.60 bits per heavy atom. The molecule has 0 bridgehead atoms. The van der Waals surface area contributed by atoms with Crippen LogP contribution >= 0.6 is 0 Å². The van der Waals surface area contributed by atoms with Gasteiger partial charge >= 0.3 is 5.97 Å². The molecule has 0 aliphatic carbocycles. The first-order valence-electron chi connectivity index (χ1n) is 4.99. The molecule has 15 heavy (non-hydrogen) atoms. The molecule has 2 rings (SSSR count). The molecule has 0 saturated heterocycles. The largest absolute Gasteiger partial charge is 0.467 e. The maximum atomic E-state index is 11.6. The number of hydrogen-bond acceptors (Lipinski definition) is 3. The van der Waals surface area contributed by atoms with E-state index < -0.39 is 5.54 Å². The van der Waals surface area contributed by atoms with Crippen LogP contribution in [0.25, 0.3) is 0 Å². The average Bonchev–Trinajstić information content (AvgIpc) is 3.05. The van der Waals surface area contributed by atoms with Gasteiger partial charge in [0.25, 0.3) is 0 Å². The SMILES string of the molecule is CC[C@@]1(C(=O)OC)N=C1c1ccccc1. The third kappa shape index (κ3) is 1.44. The number of carbonyl (C=O) groups excluding carboxylic acids is 1. The highest BCUT2D eigenvalue weighted by Gasteiger charge is 2.54. The number of nitrogens with zero attached hydrogens (tertiary/aromatic N) is 1. The summed E-state index contributed by atoms with van der Waals surface area (Å²) in [6.07, 6.45) is 0.657. The van der Waals surface area contributed by atoms with Gasteiger partial charge in [0.05, 0.1) is 12.8 Å². The number of carbonyl (C=O) groups is 1. The highest BCUT2D eigenvalue weighted by Crippen LogP contribution is 2.36. The fourth-order valence-corrected chi connectivity index (χ4v) is 1.76. The van der Waals surface area contributed by atoms with Gasteiger partial charge in [-0.15, -0.1) is 0 Å². The van der Waals surface area contributed by atoms with Crippen LogP contribution in [-0.4, -0.2) is 24.3 Å². The summed E-state index contributed by atoms with van der Waals surface area (Å²) >= 11 is 0. The standard InChI is InChI=1S/C12H13NO2/c1-3-12(11(14)15-2)10(13-12)9-7-5-4-6-8-9/h4-8H,3H2,1-2H3/t12-/m1/s1. The molecule has 0 fully saturated rings. The first-order valence-corrected chi connectivity index (χ1v) is 4.99. The number of ether oxygens (including phenoxy) is 1. The summed E-state index contributed by atoms with van der Waals surface area (Å²) in [6.45, 7) is 1.94. The van der Waals surface area contributed by atoms with Crippen molar-refractivity contribution >= 4 is 11.7 Å². The van der Waals surface area contributed by atoms with Crippen LogP contribution in [0.3, 0.4) is 0 Å². The van der Waals surface area contributed by atoms with Crippen molar-refractivity contribution in [2.75, 3.05) is 7.11 Å². The maximum Gasteiger partial charge on any atom is 0.340 e. The van der Waals surface area contributed by atoms with Gasteiger partial charge in [0.1, 0.15) is 0 Å². The van der Waals surface area contributed by atoms with E-state index in [2.05, 4.69) is 4.99 Å². The van der Waals surface area contributed by atoms with Gasteiger partial charge < -0.3 is 4.74 Å². The zero-order valence-electron chi connectivity index (χ0n) is 8.86. The summed E-state index contributed by atoms with van der Waals surface area (Å²) in [5.74, 6) is -0.260. The lowest BCUT2D eigenvalue weighted by Gasteiger charge is -2.09. The van der Waals surface area contributed by atoms with Gasteiger partial charge in [0.15, 0.2) is 5.54 Å². The van der Waals surface area contributed by atoms with Gasteiger partial charge in [-0.3, -0.25) is 4.99 Å². The van der Waals surface area contributed by atoms with E-state index in [0.29, 0.717) is 6.42 Å². The number of hydrogen-bond donors (Lipinski definition) is 0. The molecule has 1 aliphatic heterocycles. The van der Waals surface area contributed by atoms with E-state index in [-0.39, 0.29) is 5.97 Å². The number of benzene rings is 1. The van der Waals surface area contributed by atoms with E-state index in [4.69, 9.17) is 4.74 Å². The smallest absolute Gasteiger partial charge is 0.340 e. The Morgan fingerprint density at radius 2 is 2.07 bits per heavy atom. The van der Waals surface area contributed by atoms with Crippen molar-refractivity contribution in [1.29, 1.82) is 0 Å². The molecule has 1 aliphatic rings. The Bertz CT molecular complexity index is 411. The molecule has 0 radical (unpaired) electrons. The topological polar surface area (TPSA) is 38.7 Å². The van der Waals surface area contributed by atoms with Crippen molar-refractivity contribution in [3.05, 3.63) is 35.9 Å². The zero-order valence-corrected chi connectivity index (χ0v) is 8.86. The van der Waals surface area contributed by atoms with Gasteiger partial charge in [0, 0.05) is 0 Å². The van der Waals surface area contributed by atoms with E-state index in [1.165, 1.54) is 7.11 Å². The van der Waals surface area contributed by atoms with Gasteiger partial charge in [-0.05, 0) is 12.0 Å². The lowest BCUT2D eigenvalue weighted by Crippen LogP contribution is -2.31.